The SMILES string of the molecule is O=C1CC[C@H](C=C(c2ccc(S(=O)(=O)N3CCC3)cc2)c2ccc(C3CC3)c(=O)[nH]2)N1. The Hall–Kier alpha value is -2.71. The van der Waals surface area contributed by atoms with Crippen LogP contribution in [0.3, 0.4) is 0 Å². The summed E-state index contributed by atoms with van der Waals surface area (Å²) in [6, 6.07) is 10.4. The van der Waals surface area contributed by atoms with Crippen LogP contribution in [0.2, 0.25) is 0 Å². The summed E-state index contributed by atoms with van der Waals surface area (Å²) in [4.78, 5) is 27.5. The smallest absolute Gasteiger partial charge is 0.251 e. The summed E-state index contributed by atoms with van der Waals surface area (Å²) < 4.78 is 26.8. The molecule has 0 unspecified atom stereocenters. The maximum Gasteiger partial charge on any atom is 0.251 e. The Balaban J connectivity index is 1.51. The molecule has 3 heterocycles. The van der Waals surface area contributed by atoms with Crippen molar-refractivity contribution in [2.75, 3.05) is 13.1 Å². The van der Waals surface area contributed by atoms with Crippen molar-refractivity contribution in [1.82, 2.24) is 14.6 Å². The van der Waals surface area contributed by atoms with Crippen LogP contribution in [0.4, 0.5) is 0 Å². The molecule has 1 atom stereocenters. The number of H-pyrrole nitrogens is 1. The molecule has 7 nitrogen and oxygen atoms in total. The summed E-state index contributed by atoms with van der Waals surface area (Å²) in [7, 11) is -3.45. The van der Waals surface area contributed by atoms with E-state index in [-0.39, 0.29) is 22.4 Å². The highest BCUT2D eigenvalue weighted by atomic mass is 32.2. The Kier molecular flexibility index (Phi) is 5.06. The van der Waals surface area contributed by atoms with Crippen LogP contribution in [0, 0.1) is 0 Å². The van der Waals surface area contributed by atoms with E-state index < -0.39 is 10.0 Å². The fraction of sp³-hybridized carbons (Fsp3) is 0.391. The van der Waals surface area contributed by atoms with Gasteiger partial charge in [0.1, 0.15) is 0 Å². The fourth-order valence-corrected chi connectivity index (χ4v) is 5.66. The molecule has 1 amide bonds. The Morgan fingerprint density at radius 2 is 1.74 bits per heavy atom. The molecule has 2 N–H and O–H groups in total. The van der Waals surface area contributed by atoms with Crippen LogP contribution < -0.4 is 10.9 Å². The molecule has 0 radical (unpaired) electrons. The predicted octanol–water partition coefficient (Wildman–Crippen LogP) is 2.36. The molecule has 3 aliphatic rings. The third kappa shape index (κ3) is 3.97. The second-order valence-corrected chi connectivity index (χ2v) is 10.4. The van der Waals surface area contributed by atoms with Gasteiger partial charge in [0, 0.05) is 42.4 Å². The normalized spacial score (nSPS) is 22.3. The maximum atomic E-state index is 12.6. The van der Waals surface area contributed by atoms with E-state index >= 15 is 0 Å². The standard InChI is InChI=1S/C23H25N3O4S/c27-22-11-6-17(24-22)14-20(21-10-9-19(15-2-3-15)23(28)25-21)16-4-7-18(8-5-16)31(29,30)26-12-1-13-26/h4-5,7-10,14-15,17H,1-3,6,11-13H2,(H,24,27)(H,25,28)/t17-/m1/s1. The first kappa shape index (κ1) is 20.2. The number of aromatic nitrogens is 1. The summed E-state index contributed by atoms with van der Waals surface area (Å²) in [5.74, 6) is 0.361. The van der Waals surface area contributed by atoms with Crippen LogP contribution >= 0.6 is 0 Å². The van der Waals surface area contributed by atoms with Gasteiger partial charge in [0.05, 0.1) is 4.90 Å². The topological polar surface area (TPSA) is 99.3 Å². The van der Waals surface area contributed by atoms with E-state index in [0.29, 0.717) is 37.5 Å². The van der Waals surface area contributed by atoms with Crippen molar-refractivity contribution >= 4 is 21.5 Å². The molecule has 1 aromatic heterocycles. The van der Waals surface area contributed by atoms with E-state index in [1.807, 2.05) is 18.2 Å². The van der Waals surface area contributed by atoms with E-state index in [1.54, 1.807) is 24.3 Å². The lowest BCUT2D eigenvalue weighted by molar-refractivity contribution is -0.119. The monoisotopic (exact) mass is 439 g/mol. The zero-order valence-corrected chi connectivity index (χ0v) is 18.0. The number of rotatable bonds is 6. The summed E-state index contributed by atoms with van der Waals surface area (Å²) in [6.07, 6.45) is 6.10. The van der Waals surface area contributed by atoms with Gasteiger partial charge in [-0.05, 0) is 55.4 Å². The van der Waals surface area contributed by atoms with Crippen LogP contribution in [0.15, 0.2) is 52.2 Å². The maximum absolute atomic E-state index is 12.6. The number of aromatic amines is 1. The van der Waals surface area contributed by atoms with Crippen molar-refractivity contribution in [3.05, 3.63) is 69.6 Å². The van der Waals surface area contributed by atoms with Crippen LogP contribution in [0.5, 0.6) is 0 Å². The number of hydrogen-bond acceptors (Lipinski definition) is 4. The van der Waals surface area contributed by atoms with Crippen molar-refractivity contribution in [2.45, 2.75) is 49.0 Å². The zero-order chi connectivity index (χ0) is 21.6. The minimum atomic E-state index is -3.45. The average molecular weight is 440 g/mol. The van der Waals surface area contributed by atoms with Gasteiger partial charge in [-0.25, -0.2) is 8.42 Å². The molecule has 2 saturated heterocycles. The van der Waals surface area contributed by atoms with Crippen LogP contribution in [0.1, 0.15) is 54.8 Å². The Labute approximate surface area is 181 Å². The summed E-state index contributed by atoms with van der Waals surface area (Å²) >= 11 is 0. The number of benzene rings is 1. The largest absolute Gasteiger partial charge is 0.350 e. The van der Waals surface area contributed by atoms with E-state index in [9.17, 15) is 18.0 Å². The molecule has 1 aromatic carbocycles. The molecule has 162 valence electrons. The van der Waals surface area contributed by atoms with Gasteiger partial charge < -0.3 is 10.3 Å². The second-order valence-electron chi connectivity index (χ2n) is 8.51. The molecule has 1 saturated carbocycles. The third-order valence-electron chi connectivity index (χ3n) is 6.26. The van der Waals surface area contributed by atoms with Crippen molar-refractivity contribution in [3.8, 4) is 0 Å². The van der Waals surface area contributed by atoms with Crippen molar-refractivity contribution in [2.24, 2.45) is 0 Å². The lowest BCUT2D eigenvalue weighted by Gasteiger charge is -2.29. The summed E-state index contributed by atoms with van der Waals surface area (Å²) in [6.45, 7) is 1.12. The van der Waals surface area contributed by atoms with Crippen LogP contribution in [-0.2, 0) is 14.8 Å². The third-order valence-corrected chi connectivity index (χ3v) is 8.17. The summed E-state index contributed by atoms with van der Waals surface area (Å²) in [5.41, 5.74) is 2.96. The highest BCUT2D eigenvalue weighted by Crippen LogP contribution is 2.38. The molecule has 0 bridgehead atoms. The highest BCUT2D eigenvalue weighted by molar-refractivity contribution is 7.89. The van der Waals surface area contributed by atoms with Gasteiger partial charge in [-0.3, -0.25) is 9.59 Å². The molecule has 0 spiro atoms. The number of pyridine rings is 1. The number of carbonyl (C=O) groups excluding carboxylic acids is 1. The Morgan fingerprint density at radius 3 is 2.29 bits per heavy atom. The molecule has 5 rings (SSSR count). The molecule has 3 fully saturated rings. The van der Waals surface area contributed by atoms with Gasteiger partial charge in [0.25, 0.3) is 5.56 Å². The van der Waals surface area contributed by atoms with Crippen molar-refractivity contribution in [1.29, 1.82) is 0 Å². The Bertz CT molecular complexity index is 1210. The molecule has 8 heteroatoms. The molecule has 31 heavy (non-hydrogen) atoms. The number of nitrogens with zero attached hydrogens (tertiary/aromatic N) is 1. The zero-order valence-electron chi connectivity index (χ0n) is 17.1. The van der Waals surface area contributed by atoms with Gasteiger partial charge in [-0.1, -0.05) is 24.3 Å². The van der Waals surface area contributed by atoms with Crippen molar-refractivity contribution < 1.29 is 13.2 Å². The number of hydrogen-bond donors (Lipinski definition) is 2. The van der Waals surface area contributed by atoms with Crippen LogP contribution in [-0.4, -0.2) is 42.7 Å². The molecular formula is C23H25N3O4S. The van der Waals surface area contributed by atoms with Gasteiger partial charge in [-0.2, -0.15) is 4.31 Å². The number of sulfonamides is 1. The minimum absolute atomic E-state index is 0.00849. The number of carbonyl (C=O) groups is 1. The van der Waals surface area contributed by atoms with E-state index in [0.717, 1.165) is 36.0 Å². The minimum Gasteiger partial charge on any atom is -0.350 e. The van der Waals surface area contributed by atoms with Gasteiger partial charge in [0.15, 0.2) is 0 Å². The first-order chi connectivity index (χ1) is 14.9. The van der Waals surface area contributed by atoms with Gasteiger partial charge in [-0.15, -0.1) is 0 Å². The van der Waals surface area contributed by atoms with E-state index in [4.69, 9.17) is 0 Å². The van der Waals surface area contributed by atoms with E-state index in [2.05, 4.69) is 10.3 Å². The average Bonchev–Trinajstić information content (AvgIpc) is 3.46. The van der Waals surface area contributed by atoms with Gasteiger partial charge >= 0.3 is 0 Å². The molecule has 2 aromatic rings. The molecule has 2 aliphatic heterocycles. The predicted molar refractivity (Wildman–Crippen MR) is 117 cm³/mol. The highest BCUT2D eigenvalue weighted by Gasteiger charge is 2.30. The Morgan fingerprint density at radius 1 is 1.00 bits per heavy atom. The van der Waals surface area contributed by atoms with E-state index in [1.165, 1.54) is 4.31 Å². The lowest BCUT2D eigenvalue weighted by Crippen LogP contribution is -2.41. The first-order valence-electron chi connectivity index (χ1n) is 10.8. The quantitative estimate of drug-likeness (QED) is 0.722. The first-order valence-corrected chi connectivity index (χ1v) is 12.2. The fourth-order valence-electron chi connectivity index (χ4n) is 4.15. The van der Waals surface area contributed by atoms with Gasteiger partial charge in [0.2, 0.25) is 15.9 Å². The number of amides is 1. The van der Waals surface area contributed by atoms with Crippen molar-refractivity contribution in [3.63, 3.8) is 0 Å². The molecular weight excluding hydrogens is 414 g/mol. The summed E-state index contributed by atoms with van der Waals surface area (Å²) in [5, 5.41) is 2.93. The number of nitrogens with one attached hydrogen (secondary N) is 2. The van der Waals surface area contributed by atoms with Crippen LogP contribution in [0.25, 0.3) is 5.57 Å². The second kappa shape index (κ2) is 7.76. The lowest BCUT2D eigenvalue weighted by atomic mass is 9.98. The molecule has 1 aliphatic carbocycles.